The van der Waals surface area contributed by atoms with E-state index in [1.165, 1.54) is 10.9 Å². The highest BCUT2D eigenvalue weighted by Crippen LogP contribution is 2.25. The molecular weight excluding hydrogens is 428 g/mol. The maximum Gasteiger partial charge on any atom is 0.263 e. The van der Waals surface area contributed by atoms with Gasteiger partial charge in [0.15, 0.2) is 5.65 Å². The summed E-state index contributed by atoms with van der Waals surface area (Å²) in [6.45, 7) is 4.05. The number of carbonyl (C=O) groups excluding carboxylic acids is 1. The number of aryl methyl sites for hydroxylation is 1. The number of methoxy groups -OCH3 is 1. The minimum atomic E-state index is -0.275. The summed E-state index contributed by atoms with van der Waals surface area (Å²) >= 11 is 6.01. The standard InChI is InChI=1S/C24H23ClN4O3/c1-15-16(2)29(19-9-7-18(25)8-10-19)23-22(15)24(31)28(14-27-23)13-21(30)26-12-17-5-4-6-20(11-17)32-3/h4-11,14H,12-13H2,1-3H3,(H,26,30). The SMILES string of the molecule is COc1cccc(CNC(=O)Cn2cnc3c(c(C)c(C)n3-c3ccc(Cl)cc3)c2=O)c1. The summed E-state index contributed by atoms with van der Waals surface area (Å²) in [6.07, 6.45) is 1.42. The molecule has 1 amide bonds. The molecule has 1 N–H and O–H groups in total. The van der Waals surface area contributed by atoms with Gasteiger partial charge in [0.1, 0.15) is 18.6 Å². The summed E-state index contributed by atoms with van der Waals surface area (Å²) in [5, 5.41) is 3.97. The van der Waals surface area contributed by atoms with Gasteiger partial charge in [0.2, 0.25) is 5.91 Å². The number of rotatable bonds is 6. The van der Waals surface area contributed by atoms with Gasteiger partial charge in [-0.05, 0) is 61.4 Å². The second-order valence-electron chi connectivity index (χ2n) is 7.53. The Labute approximate surface area is 190 Å². The second-order valence-corrected chi connectivity index (χ2v) is 7.96. The molecule has 7 nitrogen and oxygen atoms in total. The molecule has 2 aromatic heterocycles. The summed E-state index contributed by atoms with van der Waals surface area (Å²) in [5.74, 6) is 0.446. The number of hydrogen-bond acceptors (Lipinski definition) is 4. The van der Waals surface area contributed by atoms with E-state index in [0.717, 1.165) is 28.3 Å². The molecule has 164 valence electrons. The number of amides is 1. The molecule has 0 aliphatic carbocycles. The van der Waals surface area contributed by atoms with Gasteiger partial charge in [0.25, 0.3) is 5.56 Å². The van der Waals surface area contributed by atoms with Crippen LogP contribution in [-0.2, 0) is 17.9 Å². The van der Waals surface area contributed by atoms with Crippen LogP contribution in [0.1, 0.15) is 16.8 Å². The van der Waals surface area contributed by atoms with Crippen LogP contribution in [-0.4, -0.2) is 27.1 Å². The van der Waals surface area contributed by atoms with Crippen molar-refractivity contribution in [3.63, 3.8) is 0 Å². The Kier molecular flexibility index (Phi) is 6.01. The summed E-state index contributed by atoms with van der Waals surface area (Å²) < 4.78 is 8.46. The number of carbonyl (C=O) groups is 1. The van der Waals surface area contributed by atoms with Gasteiger partial charge in [-0.2, -0.15) is 0 Å². The highest BCUT2D eigenvalue weighted by atomic mass is 35.5. The predicted molar refractivity (Wildman–Crippen MR) is 125 cm³/mol. The lowest BCUT2D eigenvalue weighted by Gasteiger charge is -2.10. The van der Waals surface area contributed by atoms with E-state index in [1.54, 1.807) is 19.2 Å². The van der Waals surface area contributed by atoms with E-state index in [-0.39, 0.29) is 18.0 Å². The summed E-state index contributed by atoms with van der Waals surface area (Å²) in [4.78, 5) is 30.2. The average Bonchev–Trinajstić information content (AvgIpc) is 3.05. The van der Waals surface area contributed by atoms with E-state index in [4.69, 9.17) is 16.3 Å². The first-order valence-corrected chi connectivity index (χ1v) is 10.5. The van der Waals surface area contributed by atoms with Gasteiger partial charge >= 0.3 is 0 Å². The quantitative estimate of drug-likeness (QED) is 0.485. The Morgan fingerprint density at radius 3 is 2.62 bits per heavy atom. The number of nitrogens with zero attached hydrogens (tertiary/aromatic N) is 3. The maximum atomic E-state index is 13.2. The molecule has 4 rings (SSSR count). The molecule has 2 heterocycles. The molecule has 0 aliphatic heterocycles. The van der Waals surface area contributed by atoms with E-state index >= 15 is 0 Å². The zero-order chi connectivity index (χ0) is 22.8. The van der Waals surface area contributed by atoms with Crippen LogP contribution in [0.2, 0.25) is 5.02 Å². The molecule has 0 fully saturated rings. The van der Waals surface area contributed by atoms with E-state index < -0.39 is 0 Å². The molecule has 32 heavy (non-hydrogen) atoms. The van der Waals surface area contributed by atoms with Crippen molar-refractivity contribution in [1.29, 1.82) is 0 Å². The van der Waals surface area contributed by atoms with Crippen molar-refractivity contribution in [1.82, 2.24) is 19.4 Å². The average molecular weight is 451 g/mol. The third-order valence-corrected chi connectivity index (χ3v) is 5.76. The van der Waals surface area contributed by atoms with E-state index in [9.17, 15) is 9.59 Å². The molecule has 0 unspecified atom stereocenters. The maximum absolute atomic E-state index is 13.2. The minimum absolute atomic E-state index is 0.115. The largest absolute Gasteiger partial charge is 0.497 e. The molecule has 0 atom stereocenters. The fourth-order valence-electron chi connectivity index (χ4n) is 3.70. The zero-order valence-electron chi connectivity index (χ0n) is 18.1. The van der Waals surface area contributed by atoms with Crippen LogP contribution in [0.25, 0.3) is 16.7 Å². The van der Waals surface area contributed by atoms with Crippen molar-refractivity contribution in [2.24, 2.45) is 0 Å². The van der Waals surface area contributed by atoms with E-state index in [1.807, 2.05) is 54.8 Å². The van der Waals surface area contributed by atoms with Crippen molar-refractivity contribution >= 4 is 28.5 Å². The monoisotopic (exact) mass is 450 g/mol. The lowest BCUT2D eigenvalue weighted by molar-refractivity contribution is -0.121. The van der Waals surface area contributed by atoms with Crippen LogP contribution in [0.15, 0.2) is 59.7 Å². The molecule has 0 saturated heterocycles. The van der Waals surface area contributed by atoms with Gasteiger partial charge in [-0.25, -0.2) is 4.98 Å². The molecule has 8 heteroatoms. The third-order valence-electron chi connectivity index (χ3n) is 5.51. The van der Waals surface area contributed by atoms with Gasteiger partial charge in [-0.1, -0.05) is 23.7 Å². The topological polar surface area (TPSA) is 78.2 Å². The first kappa shape index (κ1) is 21.6. The Morgan fingerprint density at radius 2 is 1.91 bits per heavy atom. The smallest absolute Gasteiger partial charge is 0.263 e. The fourth-order valence-corrected chi connectivity index (χ4v) is 3.82. The third kappa shape index (κ3) is 4.11. The molecule has 0 spiro atoms. The fraction of sp³-hybridized carbons (Fsp3) is 0.208. The lowest BCUT2D eigenvalue weighted by atomic mass is 10.2. The van der Waals surface area contributed by atoms with E-state index in [2.05, 4.69) is 10.3 Å². The number of fused-ring (bicyclic) bond motifs is 1. The second kappa shape index (κ2) is 8.88. The molecule has 0 bridgehead atoms. The first-order valence-electron chi connectivity index (χ1n) is 10.1. The number of nitrogens with one attached hydrogen (secondary N) is 1. The van der Waals surface area contributed by atoms with Crippen LogP contribution < -0.4 is 15.6 Å². The molecule has 0 aliphatic rings. The van der Waals surface area contributed by atoms with Crippen molar-refractivity contribution in [2.45, 2.75) is 26.9 Å². The number of ether oxygens (including phenoxy) is 1. The number of aromatic nitrogens is 3. The van der Waals surface area contributed by atoms with Crippen LogP contribution in [0.5, 0.6) is 5.75 Å². The van der Waals surface area contributed by atoms with Crippen LogP contribution in [0.4, 0.5) is 0 Å². The van der Waals surface area contributed by atoms with Crippen molar-refractivity contribution in [3.8, 4) is 11.4 Å². The summed E-state index contributed by atoms with van der Waals surface area (Å²) in [7, 11) is 1.59. The summed E-state index contributed by atoms with van der Waals surface area (Å²) in [5.41, 5.74) is 3.82. The van der Waals surface area contributed by atoms with Gasteiger partial charge in [-0.15, -0.1) is 0 Å². The van der Waals surface area contributed by atoms with Crippen LogP contribution in [0.3, 0.4) is 0 Å². The Bertz CT molecular complexity index is 1360. The van der Waals surface area contributed by atoms with Gasteiger partial charge in [0.05, 0.1) is 12.5 Å². The van der Waals surface area contributed by atoms with Crippen LogP contribution in [0, 0.1) is 13.8 Å². The normalized spacial score (nSPS) is 11.0. The lowest BCUT2D eigenvalue weighted by Crippen LogP contribution is -2.32. The van der Waals surface area contributed by atoms with Crippen molar-refractivity contribution in [3.05, 3.63) is 87.1 Å². The van der Waals surface area contributed by atoms with Gasteiger partial charge in [-0.3, -0.25) is 18.7 Å². The Balaban J connectivity index is 1.60. The number of hydrogen-bond donors (Lipinski definition) is 1. The van der Waals surface area contributed by atoms with Gasteiger partial charge in [0, 0.05) is 22.9 Å². The highest BCUT2D eigenvalue weighted by molar-refractivity contribution is 6.30. The molecule has 2 aromatic carbocycles. The first-order chi connectivity index (χ1) is 15.4. The van der Waals surface area contributed by atoms with Gasteiger partial charge < -0.3 is 10.1 Å². The highest BCUT2D eigenvalue weighted by Gasteiger charge is 2.18. The molecular formula is C24H23ClN4O3. The van der Waals surface area contributed by atoms with Crippen molar-refractivity contribution < 1.29 is 9.53 Å². The molecule has 0 saturated carbocycles. The minimum Gasteiger partial charge on any atom is -0.497 e. The predicted octanol–water partition coefficient (Wildman–Crippen LogP) is 3.78. The number of benzene rings is 2. The van der Waals surface area contributed by atoms with Crippen LogP contribution >= 0.6 is 11.6 Å². The zero-order valence-corrected chi connectivity index (χ0v) is 18.8. The Morgan fingerprint density at radius 1 is 1.16 bits per heavy atom. The van der Waals surface area contributed by atoms with Crippen molar-refractivity contribution in [2.75, 3.05) is 7.11 Å². The number of halogens is 1. The summed E-state index contributed by atoms with van der Waals surface area (Å²) in [6, 6.07) is 14.8. The Hall–Kier alpha value is -3.58. The van der Waals surface area contributed by atoms with E-state index in [0.29, 0.717) is 22.6 Å². The molecule has 0 radical (unpaired) electrons. The molecule has 4 aromatic rings.